The van der Waals surface area contributed by atoms with E-state index in [1.165, 1.54) is 0 Å². The molecule has 0 fully saturated rings. The first kappa shape index (κ1) is 10.4. The molecule has 0 saturated heterocycles. The van der Waals surface area contributed by atoms with Crippen molar-refractivity contribution in [2.75, 3.05) is 6.61 Å². The minimum absolute atomic E-state index is 0.0692. The van der Waals surface area contributed by atoms with E-state index in [1.807, 2.05) is 12.1 Å². The second-order valence-corrected chi connectivity index (χ2v) is 3.68. The van der Waals surface area contributed by atoms with Crippen molar-refractivity contribution in [1.82, 2.24) is 0 Å². The number of aliphatic hydroxyl groups excluding tert-OH is 1. The number of carbonyl (C=O) groups is 1. The highest BCUT2D eigenvalue weighted by molar-refractivity contribution is 9.10. The Morgan fingerprint density at radius 3 is 2.85 bits per heavy atom. The SMILES string of the molecule is O=C(CCCO)c1cccc(Br)c1. The maximum Gasteiger partial charge on any atom is 0.162 e. The molecule has 1 aromatic rings. The van der Waals surface area contributed by atoms with Crippen LogP contribution in [0.1, 0.15) is 23.2 Å². The zero-order valence-corrected chi connectivity index (χ0v) is 8.75. The van der Waals surface area contributed by atoms with Crippen LogP contribution in [0.3, 0.4) is 0 Å². The van der Waals surface area contributed by atoms with E-state index in [-0.39, 0.29) is 12.4 Å². The van der Waals surface area contributed by atoms with E-state index in [0.717, 1.165) is 4.47 Å². The molecule has 70 valence electrons. The third kappa shape index (κ3) is 3.28. The van der Waals surface area contributed by atoms with E-state index in [0.29, 0.717) is 18.4 Å². The zero-order chi connectivity index (χ0) is 9.68. The fourth-order valence-corrected chi connectivity index (χ4v) is 1.45. The molecule has 0 heterocycles. The van der Waals surface area contributed by atoms with Gasteiger partial charge in [0.05, 0.1) is 0 Å². The van der Waals surface area contributed by atoms with Gasteiger partial charge in [0.2, 0.25) is 0 Å². The molecule has 0 aliphatic heterocycles. The van der Waals surface area contributed by atoms with Gasteiger partial charge in [-0.1, -0.05) is 28.1 Å². The largest absolute Gasteiger partial charge is 0.396 e. The number of ketones is 1. The van der Waals surface area contributed by atoms with Crippen molar-refractivity contribution >= 4 is 21.7 Å². The predicted octanol–water partition coefficient (Wildman–Crippen LogP) is 2.40. The van der Waals surface area contributed by atoms with Crippen LogP contribution in [-0.2, 0) is 0 Å². The van der Waals surface area contributed by atoms with Crippen LogP contribution in [0, 0.1) is 0 Å². The molecule has 0 aliphatic rings. The van der Waals surface area contributed by atoms with Gasteiger partial charge in [-0.05, 0) is 18.6 Å². The van der Waals surface area contributed by atoms with Gasteiger partial charge in [0.25, 0.3) is 0 Å². The molecule has 0 aromatic heterocycles. The van der Waals surface area contributed by atoms with Gasteiger partial charge in [0.1, 0.15) is 0 Å². The first-order valence-electron chi connectivity index (χ1n) is 4.13. The van der Waals surface area contributed by atoms with E-state index in [9.17, 15) is 4.79 Å². The number of Topliss-reactive ketones (excluding diaryl/α,β-unsaturated/α-hetero) is 1. The first-order valence-corrected chi connectivity index (χ1v) is 4.93. The molecule has 0 unspecified atom stereocenters. The number of hydrogen-bond acceptors (Lipinski definition) is 2. The molecule has 2 nitrogen and oxygen atoms in total. The van der Waals surface area contributed by atoms with Crippen LogP contribution in [0.2, 0.25) is 0 Å². The van der Waals surface area contributed by atoms with Crippen molar-refractivity contribution in [3.05, 3.63) is 34.3 Å². The van der Waals surface area contributed by atoms with Crippen molar-refractivity contribution in [3.8, 4) is 0 Å². The van der Waals surface area contributed by atoms with Crippen molar-refractivity contribution < 1.29 is 9.90 Å². The van der Waals surface area contributed by atoms with Crippen molar-refractivity contribution in [2.45, 2.75) is 12.8 Å². The topological polar surface area (TPSA) is 37.3 Å². The third-order valence-electron chi connectivity index (χ3n) is 1.71. The summed E-state index contributed by atoms with van der Waals surface area (Å²) >= 11 is 3.30. The monoisotopic (exact) mass is 242 g/mol. The van der Waals surface area contributed by atoms with Gasteiger partial charge in [-0.25, -0.2) is 0 Å². The fourth-order valence-electron chi connectivity index (χ4n) is 1.05. The number of hydrogen-bond donors (Lipinski definition) is 1. The molecular weight excluding hydrogens is 232 g/mol. The third-order valence-corrected chi connectivity index (χ3v) is 2.20. The lowest BCUT2D eigenvalue weighted by atomic mass is 10.1. The summed E-state index contributed by atoms with van der Waals surface area (Å²) in [7, 11) is 0. The standard InChI is InChI=1S/C10H11BrO2/c11-9-4-1-3-8(7-9)10(13)5-2-6-12/h1,3-4,7,12H,2,5-6H2. The molecule has 0 aliphatic carbocycles. The maximum absolute atomic E-state index is 11.4. The Morgan fingerprint density at radius 1 is 1.46 bits per heavy atom. The van der Waals surface area contributed by atoms with E-state index in [2.05, 4.69) is 15.9 Å². The Morgan fingerprint density at radius 2 is 2.23 bits per heavy atom. The maximum atomic E-state index is 11.4. The van der Waals surface area contributed by atoms with Gasteiger partial charge in [0, 0.05) is 23.1 Å². The smallest absolute Gasteiger partial charge is 0.162 e. The zero-order valence-electron chi connectivity index (χ0n) is 7.16. The van der Waals surface area contributed by atoms with Crippen LogP contribution in [-0.4, -0.2) is 17.5 Å². The van der Waals surface area contributed by atoms with Crippen LogP contribution in [0.25, 0.3) is 0 Å². The second-order valence-electron chi connectivity index (χ2n) is 2.76. The molecule has 0 bridgehead atoms. The number of halogens is 1. The predicted molar refractivity (Wildman–Crippen MR) is 54.8 cm³/mol. The lowest BCUT2D eigenvalue weighted by molar-refractivity contribution is 0.0971. The van der Waals surface area contributed by atoms with E-state index in [4.69, 9.17) is 5.11 Å². The van der Waals surface area contributed by atoms with Crippen LogP contribution in [0.15, 0.2) is 28.7 Å². The lowest BCUT2D eigenvalue weighted by Crippen LogP contribution is -1.99. The van der Waals surface area contributed by atoms with Crippen LogP contribution in [0.5, 0.6) is 0 Å². The van der Waals surface area contributed by atoms with Gasteiger partial charge >= 0.3 is 0 Å². The van der Waals surface area contributed by atoms with Gasteiger partial charge in [-0.3, -0.25) is 4.79 Å². The molecule has 13 heavy (non-hydrogen) atoms. The molecule has 0 radical (unpaired) electrons. The van der Waals surface area contributed by atoms with Crippen LogP contribution < -0.4 is 0 Å². The van der Waals surface area contributed by atoms with Gasteiger partial charge in [0.15, 0.2) is 5.78 Å². The Balaban J connectivity index is 2.66. The molecular formula is C10H11BrO2. The highest BCUT2D eigenvalue weighted by atomic mass is 79.9. The van der Waals surface area contributed by atoms with E-state index < -0.39 is 0 Å². The minimum Gasteiger partial charge on any atom is -0.396 e. The molecule has 0 atom stereocenters. The van der Waals surface area contributed by atoms with Crippen molar-refractivity contribution in [3.63, 3.8) is 0 Å². The highest BCUT2D eigenvalue weighted by Crippen LogP contribution is 2.13. The van der Waals surface area contributed by atoms with Crippen LogP contribution >= 0.6 is 15.9 Å². The molecule has 3 heteroatoms. The number of aliphatic hydroxyl groups is 1. The molecule has 0 spiro atoms. The summed E-state index contributed by atoms with van der Waals surface area (Å²) in [5.41, 5.74) is 0.697. The molecule has 1 aromatic carbocycles. The van der Waals surface area contributed by atoms with Gasteiger partial charge < -0.3 is 5.11 Å². The summed E-state index contributed by atoms with van der Waals surface area (Å²) in [4.78, 5) is 11.4. The summed E-state index contributed by atoms with van der Waals surface area (Å²) in [5, 5.41) is 8.56. The quantitative estimate of drug-likeness (QED) is 0.824. The Bertz CT molecular complexity index is 297. The van der Waals surface area contributed by atoms with Gasteiger partial charge in [-0.15, -0.1) is 0 Å². The Labute approximate surface area is 85.7 Å². The number of rotatable bonds is 4. The Kier molecular flexibility index (Phi) is 4.12. The molecule has 1 rings (SSSR count). The molecule has 0 amide bonds. The first-order chi connectivity index (χ1) is 6.24. The summed E-state index contributed by atoms with van der Waals surface area (Å²) in [6, 6.07) is 7.28. The Hall–Kier alpha value is -0.670. The lowest BCUT2D eigenvalue weighted by Gasteiger charge is -1.99. The summed E-state index contributed by atoms with van der Waals surface area (Å²) in [6.45, 7) is 0.0692. The van der Waals surface area contributed by atoms with E-state index in [1.54, 1.807) is 12.1 Å². The summed E-state index contributed by atoms with van der Waals surface area (Å²) < 4.78 is 0.905. The average Bonchev–Trinajstić information content (AvgIpc) is 2.14. The van der Waals surface area contributed by atoms with Gasteiger partial charge in [-0.2, -0.15) is 0 Å². The highest BCUT2D eigenvalue weighted by Gasteiger charge is 2.04. The fraction of sp³-hybridized carbons (Fsp3) is 0.300. The number of carbonyl (C=O) groups excluding carboxylic acids is 1. The number of benzene rings is 1. The van der Waals surface area contributed by atoms with Crippen molar-refractivity contribution in [1.29, 1.82) is 0 Å². The summed E-state index contributed by atoms with van der Waals surface area (Å²) in [5.74, 6) is 0.0790. The average molecular weight is 243 g/mol. The summed E-state index contributed by atoms with van der Waals surface area (Å²) in [6.07, 6.45) is 0.943. The van der Waals surface area contributed by atoms with Crippen molar-refractivity contribution in [2.24, 2.45) is 0 Å². The normalized spacial score (nSPS) is 10.0. The molecule has 1 N–H and O–H groups in total. The molecule has 0 saturated carbocycles. The second kappa shape index (κ2) is 5.14. The minimum atomic E-state index is 0.0692. The van der Waals surface area contributed by atoms with Crippen LogP contribution in [0.4, 0.5) is 0 Å². The van der Waals surface area contributed by atoms with E-state index >= 15 is 0 Å².